The molecule has 0 aromatic heterocycles. The Labute approximate surface area is 143 Å². The Bertz CT molecular complexity index is 570. The van der Waals surface area contributed by atoms with Gasteiger partial charge in [-0.05, 0) is 48.9 Å². The molecule has 0 aliphatic carbocycles. The number of hydrogen-bond acceptors (Lipinski definition) is 5. The lowest BCUT2D eigenvalue weighted by molar-refractivity contribution is -0.133. The molecule has 6 heteroatoms. The second-order valence-corrected chi connectivity index (χ2v) is 6.30. The largest absolute Gasteiger partial charge is 0.493 e. The van der Waals surface area contributed by atoms with Gasteiger partial charge in [0.15, 0.2) is 11.5 Å². The van der Waals surface area contributed by atoms with E-state index in [1.807, 2.05) is 19.1 Å². The zero-order chi connectivity index (χ0) is 17.7. The molecule has 1 aromatic rings. The van der Waals surface area contributed by atoms with Crippen molar-refractivity contribution in [2.24, 2.45) is 11.7 Å². The molecule has 134 valence electrons. The number of likely N-dealkylation sites (N-methyl/N-ethyl adjacent to an activating group) is 1. The first-order chi connectivity index (χ1) is 11.5. The van der Waals surface area contributed by atoms with Crippen LogP contribution >= 0.6 is 0 Å². The van der Waals surface area contributed by atoms with Gasteiger partial charge in [-0.1, -0.05) is 0 Å². The molecule has 0 spiro atoms. The lowest BCUT2D eigenvalue weighted by Crippen LogP contribution is -2.47. The minimum atomic E-state index is -0.473. The van der Waals surface area contributed by atoms with Gasteiger partial charge in [-0.2, -0.15) is 0 Å². The Morgan fingerprint density at radius 1 is 1.29 bits per heavy atom. The number of nitrogens with two attached hydrogens (primary N) is 1. The van der Waals surface area contributed by atoms with Crippen LogP contribution in [0.25, 0.3) is 0 Å². The Balaban J connectivity index is 2.07. The Morgan fingerprint density at radius 2 is 1.88 bits per heavy atom. The smallest absolute Gasteiger partial charge is 0.239 e. The highest BCUT2D eigenvalue weighted by Crippen LogP contribution is 2.31. The van der Waals surface area contributed by atoms with Crippen LogP contribution in [0.5, 0.6) is 11.5 Å². The van der Waals surface area contributed by atoms with Gasteiger partial charge >= 0.3 is 0 Å². The Morgan fingerprint density at radius 3 is 2.46 bits per heavy atom. The summed E-state index contributed by atoms with van der Waals surface area (Å²) in [6.07, 6.45) is 1.69. The number of carbonyl (C=O) groups excluding carboxylic acids is 1. The Hall–Kier alpha value is -1.79. The van der Waals surface area contributed by atoms with E-state index < -0.39 is 6.04 Å². The number of benzene rings is 1. The van der Waals surface area contributed by atoms with Gasteiger partial charge in [-0.25, -0.2) is 0 Å². The van der Waals surface area contributed by atoms with Crippen LogP contribution < -0.4 is 15.2 Å². The van der Waals surface area contributed by atoms with E-state index in [0.717, 1.165) is 24.0 Å². The van der Waals surface area contributed by atoms with E-state index in [-0.39, 0.29) is 11.8 Å². The molecule has 1 aliphatic rings. The second-order valence-electron chi connectivity index (χ2n) is 6.30. The molecule has 2 rings (SSSR count). The van der Waals surface area contributed by atoms with Gasteiger partial charge in [0, 0.05) is 26.8 Å². The van der Waals surface area contributed by atoms with Gasteiger partial charge in [0.25, 0.3) is 0 Å². The number of amides is 1. The highest BCUT2D eigenvalue weighted by Gasteiger charge is 2.28. The fraction of sp³-hybridized carbons (Fsp3) is 0.611. The molecular formula is C18H28N2O4. The van der Waals surface area contributed by atoms with Crippen LogP contribution in [-0.4, -0.2) is 51.3 Å². The number of ether oxygens (including phenoxy) is 3. The number of methoxy groups -OCH3 is 2. The maximum absolute atomic E-state index is 12.6. The van der Waals surface area contributed by atoms with Crippen LogP contribution in [-0.2, 0) is 16.1 Å². The quantitative estimate of drug-likeness (QED) is 0.856. The van der Waals surface area contributed by atoms with Gasteiger partial charge in [-0.3, -0.25) is 4.79 Å². The van der Waals surface area contributed by atoms with Crippen molar-refractivity contribution >= 4 is 5.91 Å². The van der Waals surface area contributed by atoms with E-state index in [1.54, 1.807) is 26.2 Å². The standard InChI is InChI=1S/C18H28N2O4/c1-12-9-15(22-3)16(23-4)10-14(12)11-20(2)18(21)17(19)13-5-7-24-8-6-13/h9-10,13,17H,5-8,11,19H2,1-4H3. The number of hydrogen-bond donors (Lipinski definition) is 1. The van der Waals surface area contributed by atoms with E-state index in [1.165, 1.54) is 0 Å². The highest BCUT2D eigenvalue weighted by atomic mass is 16.5. The van der Waals surface area contributed by atoms with Crippen molar-refractivity contribution in [1.29, 1.82) is 0 Å². The molecule has 0 saturated carbocycles. The fourth-order valence-electron chi connectivity index (χ4n) is 3.06. The lowest BCUT2D eigenvalue weighted by atomic mass is 9.91. The van der Waals surface area contributed by atoms with Crippen LogP contribution in [0.4, 0.5) is 0 Å². The molecule has 1 fully saturated rings. The SMILES string of the molecule is COc1cc(C)c(CN(C)C(=O)C(N)C2CCOCC2)cc1OC. The molecule has 1 heterocycles. The summed E-state index contributed by atoms with van der Waals surface area (Å²) in [6.45, 7) is 3.85. The molecule has 24 heavy (non-hydrogen) atoms. The molecule has 1 aliphatic heterocycles. The van der Waals surface area contributed by atoms with Crippen molar-refractivity contribution in [1.82, 2.24) is 4.90 Å². The van der Waals surface area contributed by atoms with Crippen molar-refractivity contribution in [3.05, 3.63) is 23.3 Å². The number of rotatable bonds is 6. The van der Waals surface area contributed by atoms with Crippen molar-refractivity contribution in [3.8, 4) is 11.5 Å². The zero-order valence-corrected chi connectivity index (χ0v) is 15.0. The number of carbonyl (C=O) groups is 1. The minimum Gasteiger partial charge on any atom is -0.493 e. The van der Waals surface area contributed by atoms with E-state index in [2.05, 4.69) is 0 Å². The number of aryl methyl sites for hydroxylation is 1. The summed E-state index contributed by atoms with van der Waals surface area (Å²) in [4.78, 5) is 14.3. The van der Waals surface area contributed by atoms with Crippen molar-refractivity contribution < 1.29 is 19.0 Å². The van der Waals surface area contributed by atoms with E-state index in [4.69, 9.17) is 19.9 Å². The molecule has 1 saturated heterocycles. The molecule has 1 unspecified atom stereocenters. The fourth-order valence-corrected chi connectivity index (χ4v) is 3.06. The van der Waals surface area contributed by atoms with Crippen molar-refractivity contribution in [3.63, 3.8) is 0 Å². The van der Waals surface area contributed by atoms with Gasteiger partial charge < -0.3 is 24.8 Å². The molecule has 0 radical (unpaired) electrons. The maximum Gasteiger partial charge on any atom is 0.239 e. The van der Waals surface area contributed by atoms with Gasteiger partial charge in [0.05, 0.1) is 20.3 Å². The van der Waals surface area contributed by atoms with Crippen LogP contribution in [0.1, 0.15) is 24.0 Å². The van der Waals surface area contributed by atoms with Crippen LogP contribution in [0, 0.1) is 12.8 Å². The third kappa shape index (κ3) is 4.19. The van der Waals surface area contributed by atoms with Gasteiger partial charge in [0.2, 0.25) is 5.91 Å². The van der Waals surface area contributed by atoms with Gasteiger partial charge in [-0.15, -0.1) is 0 Å². The minimum absolute atomic E-state index is 0.0314. The monoisotopic (exact) mass is 336 g/mol. The topological polar surface area (TPSA) is 74.0 Å². The summed E-state index contributed by atoms with van der Waals surface area (Å²) in [7, 11) is 5.00. The third-order valence-electron chi connectivity index (χ3n) is 4.68. The molecule has 1 amide bonds. The van der Waals surface area contributed by atoms with Crippen LogP contribution in [0.3, 0.4) is 0 Å². The Kier molecular flexibility index (Phi) is 6.45. The average Bonchev–Trinajstić information content (AvgIpc) is 2.62. The summed E-state index contributed by atoms with van der Waals surface area (Å²) in [6, 6.07) is 3.36. The average molecular weight is 336 g/mol. The first-order valence-electron chi connectivity index (χ1n) is 8.27. The maximum atomic E-state index is 12.6. The predicted octanol–water partition coefficient (Wildman–Crippen LogP) is 1.72. The van der Waals surface area contributed by atoms with Crippen LogP contribution in [0.2, 0.25) is 0 Å². The molecule has 1 aromatic carbocycles. The summed E-state index contributed by atoms with van der Waals surface area (Å²) >= 11 is 0. The van der Waals surface area contributed by atoms with E-state index >= 15 is 0 Å². The molecule has 0 bridgehead atoms. The molecule has 6 nitrogen and oxygen atoms in total. The summed E-state index contributed by atoms with van der Waals surface area (Å²) < 4.78 is 16.0. The lowest BCUT2D eigenvalue weighted by Gasteiger charge is -2.30. The van der Waals surface area contributed by atoms with Crippen molar-refractivity contribution in [2.75, 3.05) is 34.5 Å². The normalized spacial score (nSPS) is 16.5. The predicted molar refractivity (Wildman–Crippen MR) is 92.3 cm³/mol. The highest BCUT2D eigenvalue weighted by molar-refractivity contribution is 5.81. The summed E-state index contributed by atoms with van der Waals surface area (Å²) in [5, 5.41) is 0. The third-order valence-corrected chi connectivity index (χ3v) is 4.68. The number of nitrogens with zero attached hydrogens (tertiary/aromatic N) is 1. The van der Waals surface area contributed by atoms with Crippen LogP contribution in [0.15, 0.2) is 12.1 Å². The molecule has 1 atom stereocenters. The van der Waals surface area contributed by atoms with E-state index in [0.29, 0.717) is 31.3 Å². The van der Waals surface area contributed by atoms with E-state index in [9.17, 15) is 4.79 Å². The van der Waals surface area contributed by atoms with Gasteiger partial charge in [0.1, 0.15) is 0 Å². The van der Waals surface area contributed by atoms with Crippen molar-refractivity contribution in [2.45, 2.75) is 32.4 Å². The zero-order valence-electron chi connectivity index (χ0n) is 15.0. The molecular weight excluding hydrogens is 308 g/mol. The summed E-state index contributed by atoms with van der Waals surface area (Å²) in [5.41, 5.74) is 8.26. The summed E-state index contributed by atoms with van der Waals surface area (Å²) in [5.74, 6) is 1.51. The molecule has 2 N–H and O–H groups in total. The second kappa shape index (κ2) is 8.35. The first kappa shape index (κ1) is 18.5. The first-order valence-corrected chi connectivity index (χ1v) is 8.27.